The molecule has 1 aliphatic heterocycles. The van der Waals surface area contributed by atoms with E-state index in [-0.39, 0.29) is 18.2 Å². The third kappa shape index (κ3) is 3.24. The smallest absolute Gasteiger partial charge is 0.253 e. The van der Waals surface area contributed by atoms with Gasteiger partial charge in [-0.2, -0.15) is 5.26 Å². The van der Waals surface area contributed by atoms with Gasteiger partial charge in [-0.3, -0.25) is 4.79 Å². The van der Waals surface area contributed by atoms with Crippen molar-refractivity contribution < 1.29 is 13.2 Å². The molecule has 1 saturated heterocycles. The normalized spacial score (nSPS) is 21.4. The maximum absolute atomic E-state index is 12.5. The molecule has 2 rings (SSSR count). The quantitative estimate of drug-likeness (QED) is 0.788. The van der Waals surface area contributed by atoms with Crippen LogP contribution in [0.4, 0.5) is 0 Å². The van der Waals surface area contributed by atoms with Crippen LogP contribution in [0, 0.1) is 18.3 Å². The highest BCUT2D eigenvalue weighted by atomic mass is 32.2. The van der Waals surface area contributed by atoms with Gasteiger partial charge in [-0.05, 0) is 38.0 Å². The Morgan fingerprint density at radius 3 is 2.76 bits per heavy atom. The zero-order chi connectivity index (χ0) is 15.6. The molecule has 1 fully saturated rings. The Morgan fingerprint density at radius 2 is 2.10 bits per heavy atom. The number of benzene rings is 1. The standard InChI is InChI=1S/C15H18N2O3S/c1-11-3-4-13(9-14(11)10-16)15(18)17-6-5-12(2)21(19,20)8-7-17/h3-4,9,12H,5-8H2,1-2H3. The molecule has 0 radical (unpaired) electrons. The molecule has 1 unspecified atom stereocenters. The van der Waals surface area contributed by atoms with Gasteiger partial charge in [0.1, 0.15) is 0 Å². The van der Waals surface area contributed by atoms with E-state index in [0.717, 1.165) is 5.56 Å². The number of hydrogen-bond acceptors (Lipinski definition) is 4. The van der Waals surface area contributed by atoms with Crippen LogP contribution in [-0.4, -0.2) is 43.3 Å². The van der Waals surface area contributed by atoms with Crippen molar-refractivity contribution in [3.05, 3.63) is 34.9 Å². The zero-order valence-electron chi connectivity index (χ0n) is 12.2. The summed E-state index contributed by atoms with van der Waals surface area (Å²) in [6.45, 7) is 4.13. The van der Waals surface area contributed by atoms with E-state index in [2.05, 4.69) is 6.07 Å². The lowest BCUT2D eigenvalue weighted by molar-refractivity contribution is 0.0767. The van der Waals surface area contributed by atoms with E-state index in [4.69, 9.17) is 5.26 Å². The van der Waals surface area contributed by atoms with E-state index in [0.29, 0.717) is 24.1 Å². The van der Waals surface area contributed by atoms with Crippen LogP contribution >= 0.6 is 0 Å². The molecule has 6 heteroatoms. The van der Waals surface area contributed by atoms with E-state index in [1.807, 2.05) is 6.92 Å². The number of nitrogens with zero attached hydrogens (tertiary/aromatic N) is 2. The largest absolute Gasteiger partial charge is 0.338 e. The minimum absolute atomic E-state index is 0.00310. The van der Waals surface area contributed by atoms with Gasteiger partial charge in [-0.25, -0.2) is 8.42 Å². The second-order valence-corrected chi connectivity index (χ2v) is 7.94. The molecule has 0 aliphatic carbocycles. The lowest BCUT2D eigenvalue weighted by Gasteiger charge is -2.20. The van der Waals surface area contributed by atoms with E-state index in [1.54, 1.807) is 30.0 Å². The van der Waals surface area contributed by atoms with Gasteiger partial charge in [-0.15, -0.1) is 0 Å². The molecule has 1 amide bonds. The molecule has 5 nitrogen and oxygen atoms in total. The summed E-state index contributed by atoms with van der Waals surface area (Å²) < 4.78 is 23.7. The summed E-state index contributed by atoms with van der Waals surface area (Å²) >= 11 is 0. The molecule has 1 aromatic carbocycles. The predicted octanol–water partition coefficient (Wildman–Crippen LogP) is 1.52. The molecular formula is C15H18N2O3S. The number of carbonyl (C=O) groups is 1. The first-order valence-corrected chi connectivity index (χ1v) is 8.58. The number of hydrogen-bond donors (Lipinski definition) is 0. The topological polar surface area (TPSA) is 78.2 Å². The van der Waals surface area contributed by atoms with Crippen molar-refractivity contribution in [2.75, 3.05) is 18.8 Å². The predicted molar refractivity (Wildman–Crippen MR) is 79.7 cm³/mol. The van der Waals surface area contributed by atoms with Crippen LogP contribution < -0.4 is 0 Å². The number of sulfone groups is 1. The summed E-state index contributed by atoms with van der Waals surface area (Å²) in [6.07, 6.45) is 0.449. The molecule has 112 valence electrons. The van der Waals surface area contributed by atoms with Crippen molar-refractivity contribution >= 4 is 15.7 Å². The maximum atomic E-state index is 12.5. The Morgan fingerprint density at radius 1 is 1.38 bits per heavy atom. The first kappa shape index (κ1) is 15.5. The van der Waals surface area contributed by atoms with Gasteiger partial charge in [0.2, 0.25) is 0 Å². The van der Waals surface area contributed by atoms with Crippen LogP contribution in [0.2, 0.25) is 0 Å². The fourth-order valence-corrected chi connectivity index (χ4v) is 3.67. The lowest BCUT2D eigenvalue weighted by atomic mass is 10.1. The molecular weight excluding hydrogens is 288 g/mol. The Hall–Kier alpha value is -1.87. The van der Waals surface area contributed by atoms with E-state index in [9.17, 15) is 13.2 Å². The Labute approximate surface area is 125 Å². The minimum atomic E-state index is -3.11. The Kier molecular flexibility index (Phi) is 4.33. The average molecular weight is 306 g/mol. The van der Waals surface area contributed by atoms with Gasteiger partial charge in [-0.1, -0.05) is 6.07 Å². The van der Waals surface area contributed by atoms with E-state index >= 15 is 0 Å². The summed E-state index contributed by atoms with van der Waals surface area (Å²) in [5, 5.41) is 8.62. The highest BCUT2D eigenvalue weighted by molar-refractivity contribution is 7.92. The number of rotatable bonds is 1. The summed E-state index contributed by atoms with van der Waals surface area (Å²) in [5.74, 6) is -0.215. The van der Waals surface area contributed by atoms with Crippen molar-refractivity contribution in [3.8, 4) is 6.07 Å². The molecule has 0 saturated carbocycles. The average Bonchev–Trinajstić information content (AvgIpc) is 2.59. The minimum Gasteiger partial charge on any atom is -0.338 e. The Bertz CT molecular complexity index is 704. The molecule has 1 heterocycles. The van der Waals surface area contributed by atoms with Gasteiger partial charge in [0.05, 0.1) is 22.6 Å². The third-order valence-corrected chi connectivity index (χ3v) is 6.17. The van der Waals surface area contributed by atoms with Crippen LogP contribution in [0.5, 0.6) is 0 Å². The fourth-order valence-electron chi connectivity index (χ4n) is 2.33. The molecule has 0 spiro atoms. The first-order chi connectivity index (χ1) is 9.85. The molecule has 0 N–H and O–H groups in total. The van der Waals surface area contributed by atoms with Crippen LogP contribution in [0.25, 0.3) is 0 Å². The number of carbonyl (C=O) groups excluding carboxylic acids is 1. The second kappa shape index (κ2) is 5.86. The van der Waals surface area contributed by atoms with Crippen molar-refractivity contribution in [1.29, 1.82) is 5.26 Å². The van der Waals surface area contributed by atoms with Gasteiger partial charge in [0, 0.05) is 18.7 Å². The fraction of sp³-hybridized carbons (Fsp3) is 0.467. The molecule has 1 aromatic rings. The Balaban J connectivity index is 2.23. The monoisotopic (exact) mass is 306 g/mol. The molecule has 1 atom stereocenters. The van der Waals surface area contributed by atoms with Gasteiger partial charge in [0.25, 0.3) is 5.91 Å². The third-order valence-electron chi connectivity index (χ3n) is 3.96. The zero-order valence-corrected chi connectivity index (χ0v) is 13.0. The maximum Gasteiger partial charge on any atom is 0.253 e. The summed E-state index contributed by atoms with van der Waals surface area (Å²) in [4.78, 5) is 14.0. The molecule has 21 heavy (non-hydrogen) atoms. The highest BCUT2D eigenvalue weighted by Crippen LogP contribution is 2.17. The van der Waals surface area contributed by atoms with Crippen molar-refractivity contribution in [2.45, 2.75) is 25.5 Å². The van der Waals surface area contributed by atoms with E-state index < -0.39 is 15.1 Å². The number of nitriles is 1. The molecule has 0 bridgehead atoms. The number of amides is 1. The molecule has 0 aromatic heterocycles. The van der Waals surface area contributed by atoms with Gasteiger partial charge >= 0.3 is 0 Å². The summed E-state index contributed by atoms with van der Waals surface area (Å²) in [7, 11) is -3.11. The molecule has 1 aliphatic rings. The first-order valence-electron chi connectivity index (χ1n) is 6.87. The van der Waals surface area contributed by atoms with Crippen molar-refractivity contribution in [2.24, 2.45) is 0 Å². The van der Waals surface area contributed by atoms with E-state index in [1.165, 1.54) is 0 Å². The van der Waals surface area contributed by atoms with Gasteiger partial charge in [0.15, 0.2) is 9.84 Å². The number of aryl methyl sites for hydroxylation is 1. The van der Waals surface area contributed by atoms with Crippen LogP contribution in [0.15, 0.2) is 18.2 Å². The van der Waals surface area contributed by atoms with Crippen LogP contribution in [0.3, 0.4) is 0 Å². The summed E-state index contributed by atoms with van der Waals surface area (Å²) in [5.41, 5.74) is 1.72. The SMILES string of the molecule is Cc1ccc(C(=O)N2CCC(C)S(=O)(=O)CC2)cc1C#N. The second-order valence-electron chi connectivity index (χ2n) is 5.40. The van der Waals surface area contributed by atoms with Gasteiger partial charge < -0.3 is 4.90 Å². The summed E-state index contributed by atoms with van der Waals surface area (Å²) in [6, 6.07) is 7.05. The van der Waals surface area contributed by atoms with Crippen LogP contribution in [0.1, 0.15) is 34.8 Å². The van der Waals surface area contributed by atoms with Crippen molar-refractivity contribution in [1.82, 2.24) is 4.90 Å². The van der Waals surface area contributed by atoms with Crippen molar-refractivity contribution in [3.63, 3.8) is 0 Å². The highest BCUT2D eigenvalue weighted by Gasteiger charge is 2.28. The van der Waals surface area contributed by atoms with Crippen LogP contribution in [-0.2, 0) is 9.84 Å². The lowest BCUT2D eigenvalue weighted by Crippen LogP contribution is -2.33.